The first-order valence-corrected chi connectivity index (χ1v) is 8.07. The van der Waals surface area contributed by atoms with Crippen molar-refractivity contribution in [3.05, 3.63) is 64.3 Å². The number of aromatic nitrogens is 1. The van der Waals surface area contributed by atoms with Gasteiger partial charge in [-0.15, -0.1) is 0 Å². The topological polar surface area (TPSA) is 51.5 Å². The summed E-state index contributed by atoms with van der Waals surface area (Å²) in [6, 6.07) is 13.2. The van der Waals surface area contributed by atoms with Gasteiger partial charge in [-0.1, -0.05) is 35.4 Å². The summed E-state index contributed by atoms with van der Waals surface area (Å²) in [5.41, 5.74) is 3.09. The largest absolute Gasteiger partial charge is 0.490 e. The van der Waals surface area contributed by atoms with Gasteiger partial charge in [0, 0.05) is 10.9 Å². The van der Waals surface area contributed by atoms with Crippen LogP contribution in [0.15, 0.2) is 42.5 Å². The smallest absolute Gasteiger partial charge is 0.352 e. The van der Waals surface area contributed by atoms with Crippen molar-refractivity contribution in [1.29, 1.82) is 0 Å². The Hall–Kier alpha value is -2.46. The van der Waals surface area contributed by atoms with Crippen molar-refractivity contribution in [1.82, 2.24) is 4.57 Å². The summed E-state index contributed by atoms with van der Waals surface area (Å²) >= 11 is 6.08. The van der Waals surface area contributed by atoms with Gasteiger partial charge in [0.05, 0.1) is 11.6 Å². The molecule has 0 spiro atoms. The number of para-hydroxylation sites is 1. The highest BCUT2D eigenvalue weighted by molar-refractivity contribution is 6.32. The molecule has 0 atom stereocenters. The molecule has 5 heteroatoms. The van der Waals surface area contributed by atoms with E-state index in [0.717, 1.165) is 22.0 Å². The molecule has 1 aromatic heterocycles. The van der Waals surface area contributed by atoms with Gasteiger partial charge in [-0.25, -0.2) is 4.79 Å². The number of carboxylic acid groups (broad SMARTS) is 1. The number of ether oxygens (including phenoxy) is 1. The molecule has 4 nitrogen and oxygen atoms in total. The van der Waals surface area contributed by atoms with Crippen molar-refractivity contribution in [2.75, 3.05) is 6.61 Å². The minimum Gasteiger partial charge on any atom is -0.490 e. The van der Waals surface area contributed by atoms with Gasteiger partial charge in [-0.05, 0) is 43.7 Å². The molecule has 0 radical (unpaired) electrons. The highest BCUT2D eigenvalue weighted by atomic mass is 35.5. The molecule has 3 rings (SSSR count). The van der Waals surface area contributed by atoms with E-state index in [-0.39, 0.29) is 0 Å². The second kappa shape index (κ2) is 6.57. The number of benzene rings is 2. The number of hydrogen-bond donors (Lipinski definition) is 1. The number of carbonyl (C=O) groups is 1. The van der Waals surface area contributed by atoms with E-state index in [1.807, 2.05) is 44.2 Å². The Labute approximate surface area is 145 Å². The molecule has 2 aromatic carbocycles. The predicted octanol–water partition coefficient (Wildman–Crippen LogP) is 4.69. The van der Waals surface area contributed by atoms with Crippen LogP contribution in [0.1, 0.15) is 21.6 Å². The van der Waals surface area contributed by atoms with Gasteiger partial charge in [0.2, 0.25) is 0 Å². The van der Waals surface area contributed by atoms with Crippen LogP contribution in [-0.2, 0) is 6.54 Å². The Balaban J connectivity index is 1.92. The zero-order valence-electron chi connectivity index (χ0n) is 13.5. The third-order valence-corrected chi connectivity index (χ3v) is 4.40. The maximum Gasteiger partial charge on any atom is 0.352 e. The fourth-order valence-electron chi connectivity index (χ4n) is 2.95. The van der Waals surface area contributed by atoms with E-state index in [1.165, 1.54) is 0 Å². The summed E-state index contributed by atoms with van der Waals surface area (Å²) in [4.78, 5) is 11.7. The number of rotatable bonds is 5. The van der Waals surface area contributed by atoms with Gasteiger partial charge < -0.3 is 14.4 Å². The van der Waals surface area contributed by atoms with Crippen molar-refractivity contribution in [3.8, 4) is 5.75 Å². The maximum atomic E-state index is 11.7. The monoisotopic (exact) mass is 343 g/mol. The van der Waals surface area contributed by atoms with Gasteiger partial charge >= 0.3 is 5.97 Å². The molecule has 0 saturated heterocycles. The van der Waals surface area contributed by atoms with Crippen LogP contribution in [0, 0.1) is 13.8 Å². The normalized spacial score (nSPS) is 11.0. The third kappa shape index (κ3) is 2.97. The molecule has 0 aliphatic rings. The molecule has 1 N–H and O–H groups in total. The van der Waals surface area contributed by atoms with E-state index in [2.05, 4.69) is 0 Å². The Kier molecular flexibility index (Phi) is 4.49. The van der Waals surface area contributed by atoms with Crippen LogP contribution in [0.2, 0.25) is 5.02 Å². The lowest BCUT2D eigenvalue weighted by molar-refractivity contribution is 0.0684. The summed E-state index contributed by atoms with van der Waals surface area (Å²) in [5, 5.41) is 11.1. The number of halogens is 1. The quantitative estimate of drug-likeness (QED) is 0.731. The van der Waals surface area contributed by atoms with Gasteiger partial charge in [0.15, 0.2) is 0 Å². The fourth-order valence-corrected chi connectivity index (χ4v) is 3.14. The van der Waals surface area contributed by atoms with E-state index in [1.54, 1.807) is 16.7 Å². The number of carboxylic acids is 1. The van der Waals surface area contributed by atoms with E-state index < -0.39 is 5.97 Å². The van der Waals surface area contributed by atoms with E-state index in [0.29, 0.717) is 29.6 Å². The molecular weight excluding hydrogens is 326 g/mol. The summed E-state index contributed by atoms with van der Waals surface area (Å²) in [6.07, 6.45) is 0. The highest BCUT2D eigenvalue weighted by Gasteiger charge is 2.19. The second-order valence-electron chi connectivity index (χ2n) is 5.73. The third-order valence-electron chi connectivity index (χ3n) is 4.08. The minimum atomic E-state index is -0.931. The van der Waals surface area contributed by atoms with Crippen LogP contribution < -0.4 is 4.74 Å². The molecule has 3 aromatic rings. The number of aryl methyl sites for hydroxylation is 2. The number of hydrogen-bond acceptors (Lipinski definition) is 2. The van der Waals surface area contributed by atoms with Crippen molar-refractivity contribution in [3.63, 3.8) is 0 Å². The zero-order valence-corrected chi connectivity index (χ0v) is 14.3. The van der Waals surface area contributed by atoms with Crippen LogP contribution in [0.4, 0.5) is 0 Å². The van der Waals surface area contributed by atoms with Crippen LogP contribution in [0.3, 0.4) is 0 Å². The highest BCUT2D eigenvalue weighted by Crippen LogP contribution is 2.27. The number of fused-ring (bicyclic) bond motifs is 1. The molecule has 0 aliphatic carbocycles. The van der Waals surface area contributed by atoms with Crippen LogP contribution in [-0.4, -0.2) is 22.2 Å². The number of nitrogens with zero attached hydrogens (tertiary/aromatic N) is 1. The summed E-state index contributed by atoms with van der Waals surface area (Å²) in [7, 11) is 0. The first-order valence-electron chi connectivity index (χ1n) is 7.69. The molecule has 0 fully saturated rings. The summed E-state index contributed by atoms with van der Waals surface area (Å²) in [6.45, 7) is 4.61. The molecule has 0 bridgehead atoms. The molecule has 24 heavy (non-hydrogen) atoms. The molecule has 1 heterocycles. The lowest BCUT2D eigenvalue weighted by Crippen LogP contribution is -2.14. The fraction of sp³-hybridized carbons (Fsp3) is 0.211. The Morgan fingerprint density at radius 2 is 1.96 bits per heavy atom. The standard InChI is InChI=1S/C19H18ClNO3/c1-12-7-8-16-14(11-12)13(2)18(19(22)23)21(16)9-10-24-17-6-4-3-5-15(17)20/h3-8,11H,9-10H2,1-2H3,(H,22,23). The Bertz CT molecular complexity index is 914. The van der Waals surface area contributed by atoms with Crippen LogP contribution in [0.5, 0.6) is 5.75 Å². The Morgan fingerprint density at radius 1 is 1.21 bits per heavy atom. The molecule has 0 aliphatic heterocycles. The maximum absolute atomic E-state index is 11.7. The van der Waals surface area contributed by atoms with Crippen molar-refractivity contribution >= 4 is 28.5 Å². The molecule has 124 valence electrons. The second-order valence-corrected chi connectivity index (χ2v) is 6.14. The lowest BCUT2D eigenvalue weighted by atomic mass is 10.1. The van der Waals surface area contributed by atoms with Gasteiger partial charge in [0.25, 0.3) is 0 Å². The van der Waals surface area contributed by atoms with Crippen molar-refractivity contribution < 1.29 is 14.6 Å². The zero-order chi connectivity index (χ0) is 17.3. The Morgan fingerprint density at radius 3 is 2.67 bits per heavy atom. The SMILES string of the molecule is Cc1ccc2c(c1)c(C)c(C(=O)O)n2CCOc1ccccc1Cl. The lowest BCUT2D eigenvalue weighted by Gasteiger charge is -2.11. The van der Waals surface area contributed by atoms with Crippen molar-refractivity contribution in [2.45, 2.75) is 20.4 Å². The first kappa shape index (κ1) is 16.4. The van der Waals surface area contributed by atoms with Gasteiger partial charge in [-0.2, -0.15) is 0 Å². The molecule has 0 amide bonds. The number of aromatic carboxylic acids is 1. The molecule has 0 saturated carbocycles. The minimum absolute atomic E-state index is 0.304. The average molecular weight is 344 g/mol. The van der Waals surface area contributed by atoms with E-state index in [4.69, 9.17) is 16.3 Å². The molecule has 0 unspecified atom stereocenters. The predicted molar refractivity (Wildman–Crippen MR) is 95.3 cm³/mol. The van der Waals surface area contributed by atoms with E-state index in [9.17, 15) is 9.90 Å². The molecular formula is C19H18ClNO3. The first-order chi connectivity index (χ1) is 11.5. The van der Waals surface area contributed by atoms with Crippen LogP contribution in [0.25, 0.3) is 10.9 Å². The van der Waals surface area contributed by atoms with Gasteiger partial charge in [-0.3, -0.25) is 0 Å². The van der Waals surface area contributed by atoms with E-state index >= 15 is 0 Å². The summed E-state index contributed by atoms with van der Waals surface area (Å²) < 4.78 is 7.51. The van der Waals surface area contributed by atoms with Crippen LogP contribution >= 0.6 is 11.6 Å². The van der Waals surface area contributed by atoms with Crippen molar-refractivity contribution in [2.24, 2.45) is 0 Å². The van der Waals surface area contributed by atoms with Gasteiger partial charge in [0.1, 0.15) is 18.1 Å². The summed E-state index contributed by atoms with van der Waals surface area (Å²) in [5.74, 6) is -0.334. The average Bonchev–Trinajstić information content (AvgIpc) is 2.81.